The Bertz CT molecular complexity index is 341. The first-order valence-corrected chi connectivity index (χ1v) is 5.10. The molecule has 0 atom stereocenters. The molecule has 1 aliphatic rings. The van der Waals surface area contributed by atoms with E-state index in [1.807, 2.05) is 30.3 Å². The highest BCUT2D eigenvalue weighted by Crippen LogP contribution is 2.48. The molecule has 15 heavy (non-hydrogen) atoms. The van der Waals surface area contributed by atoms with Crippen LogP contribution in [0.3, 0.4) is 0 Å². The molecule has 1 aromatic rings. The number of rotatable bonds is 5. The van der Waals surface area contributed by atoms with Gasteiger partial charge in [-0.25, -0.2) is 0 Å². The first kappa shape index (κ1) is 10.0. The fourth-order valence-corrected chi connectivity index (χ4v) is 1.62. The minimum Gasteiger partial charge on any atom is -0.493 e. The average molecular weight is 206 g/mol. The van der Waals surface area contributed by atoms with Crippen LogP contribution in [-0.2, 0) is 4.79 Å². The summed E-state index contributed by atoms with van der Waals surface area (Å²) in [5, 5.41) is 8.73. The molecule has 1 aliphatic carbocycles. The van der Waals surface area contributed by atoms with Crippen LogP contribution in [0.1, 0.15) is 19.3 Å². The molecule has 2 rings (SSSR count). The van der Waals surface area contributed by atoms with Gasteiger partial charge in [0, 0.05) is 5.41 Å². The second-order valence-corrected chi connectivity index (χ2v) is 4.17. The van der Waals surface area contributed by atoms with Crippen molar-refractivity contribution in [2.45, 2.75) is 19.3 Å². The second kappa shape index (κ2) is 3.93. The number of carboxylic acids is 1. The summed E-state index contributed by atoms with van der Waals surface area (Å²) in [5.41, 5.74) is -0.0956. The Labute approximate surface area is 88.7 Å². The van der Waals surface area contributed by atoms with Gasteiger partial charge in [0.25, 0.3) is 0 Å². The van der Waals surface area contributed by atoms with Gasteiger partial charge in [0.05, 0.1) is 13.0 Å². The van der Waals surface area contributed by atoms with E-state index in [2.05, 4.69) is 0 Å². The zero-order chi connectivity index (χ0) is 10.7. The van der Waals surface area contributed by atoms with Crippen molar-refractivity contribution in [3.63, 3.8) is 0 Å². The quantitative estimate of drug-likeness (QED) is 0.804. The Morgan fingerprint density at radius 2 is 2.00 bits per heavy atom. The van der Waals surface area contributed by atoms with Gasteiger partial charge in [-0.15, -0.1) is 0 Å². The Hall–Kier alpha value is -1.51. The topological polar surface area (TPSA) is 46.5 Å². The van der Waals surface area contributed by atoms with Crippen LogP contribution < -0.4 is 4.74 Å². The van der Waals surface area contributed by atoms with Crippen molar-refractivity contribution >= 4 is 5.97 Å². The van der Waals surface area contributed by atoms with E-state index < -0.39 is 5.97 Å². The van der Waals surface area contributed by atoms with Gasteiger partial charge in [-0.1, -0.05) is 18.2 Å². The number of hydrogen-bond acceptors (Lipinski definition) is 2. The Balaban J connectivity index is 1.86. The molecule has 1 fully saturated rings. The zero-order valence-corrected chi connectivity index (χ0v) is 8.48. The number of carboxylic acid groups (broad SMARTS) is 1. The molecule has 0 heterocycles. The minimum atomic E-state index is -0.732. The van der Waals surface area contributed by atoms with Crippen LogP contribution in [0.15, 0.2) is 30.3 Å². The van der Waals surface area contributed by atoms with Crippen molar-refractivity contribution in [3.05, 3.63) is 30.3 Å². The molecule has 3 heteroatoms. The molecular formula is C12H14O3. The smallest absolute Gasteiger partial charge is 0.304 e. The fraction of sp³-hybridized carbons (Fsp3) is 0.417. The van der Waals surface area contributed by atoms with Gasteiger partial charge in [0.15, 0.2) is 0 Å². The molecule has 1 N–H and O–H groups in total. The maximum absolute atomic E-state index is 10.6. The van der Waals surface area contributed by atoms with Gasteiger partial charge in [-0.05, 0) is 25.0 Å². The van der Waals surface area contributed by atoms with Gasteiger partial charge in [-0.3, -0.25) is 4.79 Å². The van der Waals surface area contributed by atoms with Crippen LogP contribution in [0.25, 0.3) is 0 Å². The summed E-state index contributed by atoms with van der Waals surface area (Å²) in [4.78, 5) is 10.6. The molecule has 0 bridgehead atoms. The molecule has 80 valence electrons. The van der Waals surface area contributed by atoms with E-state index in [0.717, 1.165) is 18.6 Å². The lowest BCUT2D eigenvalue weighted by Gasteiger charge is -2.13. The van der Waals surface area contributed by atoms with Crippen molar-refractivity contribution in [3.8, 4) is 5.75 Å². The lowest BCUT2D eigenvalue weighted by Crippen LogP contribution is -2.17. The molecule has 3 nitrogen and oxygen atoms in total. The molecule has 0 radical (unpaired) electrons. The first-order chi connectivity index (χ1) is 7.20. The number of carbonyl (C=O) groups is 1. The van der Waals surface area contributed by atoms with E-state index in [-0.39, 0.29) is 11.8 Å². The Morgan fingerprint density at radius 1 is 1.33 bits per heavy atom. The summed E-state index contributed by atoms with van der Waals surface area (Å²) in [5.74, 6) is 0.0818. The summed E-state index contributed by atoms with van der Waals surface area (Å²) in [7, 11) is 0. The van der Waals surface area contributed by atoms with Crippen LogP contribution in [0, 0.1) is 5.41 Å². The Kier molecular flexibility index (Phi) is 2.62. The van der Waals surface area contributed by atoms with E-state index >= 15 is 0 Å². The molecule has 0 saturated heterocycles. The molecule has 0 aliphatic heterocycles. The highest BCUT2D eigenvalue weighted by atomic mass is 16.5. The van der Waals surface area contributed by atoms with Crippen LogP contribution in [0.5, 0.6) is 5.75 Å². The maximum Gasteiger partial charge on any atom is 0.304 e. The molecule has 0 unspecified atom stereocenters. The normalized spacial score (nSPS) is 17.1. The average Bonchev–Trinajstić information content (AvgIpc) is 2.96. The molecule has 0 aromatic heterocycles. The molecule has 1 aromatic carbocycles. The largest absolute Gasteiger partial charge is 0.493 e. The summed E-state index contributed by atoms with van der Waals surface area (Å²) in [6.45, 7) is 0.517. The highest BCUT2D eigenvalue weighted by molar-refractivity contribution is 5.68. The maximum atomic E-state index is 10.6. The van der Waals surface area contributed by atoms with Crippen molar-refractivity contribution in [2.75, 3.05) is 6.61 Å². The van der Waals surface area contributed by atoms with E-state index in [4.69, 9.17) is 9.84 Å². The third-order valence-electron chi connectivity index (χ3n) is 2.77. The Morgan fingerprint density at radius 3 is 2.53 bits per heavy atom. The van der Waals surface area contributed by atoms with Crippen LogP contribution in [0.2, 0.25) is 0 Å². The molecule has 0 amide bonds. The van der Waals surface area contributed by atoms with Crippen molar-refractivity contribution < 1.29 is 14.6 Å². The van der Waals surface area contributed by atoms with E-state index in [1.165, 1.54) is 0 Å². The minimum absolute atomic E-state index is 0.0956. The number of aliphatic carboxylic acids is 1. The number of hydrogen-bond donors (Lipinski definition) is 1. The van der Waals surface area contributed by atoms with Crippen LogP contribution in [-0.4, -0.2) is 17.7 Å². The van der Waals surface area contributed by atoms with E-state index in [1.54, 1.807) is 0 Å². The standard InChI is InChI=1S/C12H14O3/c13-11(14)8-12(6-7-12)9-15-10-4-2-1-3-5-10/h1-5H,6-9H2,(H,13,14). The molecule has 0 spiro atoms. The summed E-state index contributed by atoms with van der Waals surface area (Å²) in [6.07, 6.45) is 2.15. The lowest BCUT2D eigenvalue weighted by molar-refractivity contribution is -0.138. The first-order valence-electron chi connectivity index (χ1n) is 5.10. The lowest BCUT2D eigenvalue weighted by atomic mass is 10.0. The van der Waals surface area contributed by atoms with Gasteiger partial charge in [0.1, 0.15) is 5.75 Å². The van der Waals surface area contributed by atoms with Gasteiger partial charge < -0.3 is 9.84 Å². The monoisotopic (exact) mass is 206 g/mol. The number of ether oxygens (including phenoxy) is 1. The molecular weight excluding hydrogens is 192 g/mol. The predicted molar refractivity (Wildman–Crippen MR) is 55.9 cm³/mol. The summed E-state index contributed by atoms with van der Waals surface area (Å²) in [6, 6.07) is 9.52. The second-order valence-electron chi connectivity index (χ2n) is 4.17. The number of para-hydroxylation sites is 1. The van der Waals surface area contributed by atoms with E-state index in [9.17, 15) is 4.79 Å². The third-order valence-corrected chi connectivity index (χ3v) is 2.77. The van der Waals surface area contributed by atoms with Crippen molar-refractivity contribution in [1.82, 2.24) is 0 Å². The van der Waals surface area contributed by atoms with Crippen LogP contribution >= 0.6 is 0 Å². The van der Waals surface area contributed by atoms with Crippen molar-refractivity contribution in [2.24, 2.45) is 5.41 Å². The van der Waals surface area contributed by atoms with E-state index in [0.29, 0.717) is 6.61 Å². The number of benzene rings is 1. The van der Waals surface area contributed by atoms with Gasteiger partial charge >= 0.3 is 5.97 Å². The fourth-order valence-electron chi connectivity index (χ4n) is 1.62. The zero-order valence-electron chi connectivity index (χ0n) is 8.48. The SMILES string of the molecule is O=C(O)CC1(COc2ccccc2)CC1. The summed E-state index contributed by atoms with van der Waals surface area (Å²) < 4.78 is 5.57. The molecule has 1 saturated carbocycles. The third kappa shape index (κ3) is 2.72. The predicted octanol–water partition coefficient (Wildman–Crippen LogP) is 2.32. The van der Waals surface area contributed by atoms with Crippen molar-refractivity contribution in [1.29, 1.82) is 0 Å². The summed E-state index contributed by atoms with van der Waals surface area (Å²) >= 11 is 0. The van der Waals surface area contributed by atoms with Gasteiger partial charge in [0.2, 0.25) is 0 Å². The van der Waals surface area contributed by atoms with Crippen LogP contribution in [0.4, 0.5) is 0 Å². The van der Waals surface area contributed by atoms with Gasteiger partial charge in [-0.2, -0.15) is 0 Å². The highest BCUT2D eigenvalue weighted by Gasteiger charge is 2.45.